The molecule has 0 radical (unpaired) electrons. The first kappa shape index (κ1) is 27.5. The van der Waals surface area contributed by atoms with Crippen LogP contribution in [-0.4, -0.2) is 11.7 Å². The Morgan fingerprint density at radius 1 is 0.545 bits per heavy atom. The van der Waals surface area contributed by atoms with Crippen molar-refractivity contribution in [2.45, 2.75) is 149 Å². The molecule has 0 aliphatic heterocycles. The van der Waals surface area contributed by atoms with Gasteiger partial charge in [-0.25, -0.2) is 0 Å². The molecule has 3 saturated carbocycles. The van der Waals surface area contributed by atoms with Crippen molar-refractivity contribution in [2.75, 3.05) is 6.61 Å². The highest BCUT2D eigenvalue weighted by atomic mass is 16.2. The van der Waals surface area contributed by atoms with Crippen LogP contribution in [0.3, 0.4) is 0 Å². The van der Waals surface area contributed by atoms with E-state index in [2.05, 4.69) is 20.8 Å². The third kappa shape index (κ3) is 8.25. The summed E-state index contributed by atoms with van der Waals surface area (Å²) in [6.45, 7) is 7.71. The zero-order valence-electron chi connectivity index (χ0n) is 22.9. The molecule has 0 heterocycles. The van der Waals surface area contributed by atoms with Crippen LogP contribution in [0, 0.1) is 47.3 Å². The van der Waals surface area contributed by atoms with E-state index in [9.17, 15) is 0 Å². The zero-order chi connectivity index (χ0) is 23.5. The van der Waals surface area contributed by atoms with Gasteiger partial charge in [0.2, 0.25) is 0 Å². The summed E-state index contributed by atoms with van der Waals surface area (Å²) in [6.07, 6.45) is 29.1. The van der Waals surface area contributed by atoms with E-state index in [4.69, 9.17) is 5.11 Å². The molecule has 0 spiro atoms. The molecule has 3 rings (SSSR count). The molecule has 0 aromatic rings. The molecule has 6 atom stereocenters. The monoisotopic (exact) mass is 460 g/mol. The summed E-state index contributed by atoms with van der Waals surface area (Å²) < 4.78 is 0. The largest absolute Gasteiger partial charge is 0.396 e. The Hall–Kier alpha value is -0.0400. The van der Waals surface area contributed by atoms with E-state index in [0.29, 0.717) is 6.61 Å². The summed E-state index contributed by atoms with van der Waals surface area (Å²) in [5.74, 6) is 8.27. The molecule has 3 aliphatic carbocycles. The SMILES string of the molecule is CCCCCC1CCC(C2CCC(C3CCC(CCCCCO)CC3CC)CC2CC)CC1. The minimum Gasteiger partial charge on any atom is -0.396 e. The summed E-state index contributed by atoms with van der Waals surface area (Å²) in [5.41, 5.74) is 0. The summed E-state index contributed by atoms with van der Waals surface area (Å²) in [5, 5.41) is 9.06. The van der Waals surface area contributed by atoms with Crippen LogP contribution in [0.2, 0.25) is 0 Å². The van der Waals surface area contributed by atoms with Crippen LogP contribution in [-0.2, 0) is 0 Å². The molecule has 1 nitrogen and oxygen atoms in total. The van der Waals surface area contributed by atoms with Crippen LogP contribution in [0.4, 0.5) is 0 Å². The lowest BCUT2D eigenvalue weighted by Gasteiger charge is -2.47. The van der Waals surface area contributed by atoms with Gasteiger partial charge in [0.05, 0.1) is 0 Å². The van der Waals surface area contributed by atoms with E-state index in [-0.39, 0.29) is 0 Å². The van der Waals surface area contributed by atoms with Gasteiger partial charge in [0, 0.05) is 6.61 Å². The van der Waals surface area contributed by atoms with Crippen molar-refractivity contribution in [3.8, 4) is 0 Å². The van der Waals surface area contributed by atoms with E-state index in [1.54, 1.807) is 44.9 Å². The maximum atomic E-state index is 9.06. The number of aliphatic hydroxyl groups excluding tert-OH is 1. The lowest BCUT2D eigenvalue weighted by Crippen LogP contribution is -2.38. The highest BCUT2D eigenvalue weighted by Gasteiger charge is 2.41. The highest BCUT2D eigenvalue weighted by molar-refractivity contribution is 4.91. The summed E-state index contributed by atoms with van der Waals surface area (Å²) in [7, 11) is 0. The molecule has 3 fully saturated rings. The van der Waals surface area contributed by atoms with Crippen LogP contribution in [0.15, 0.2) is 0 Å². The first-order valence-electron chi connectivity index (χ1n) is 15.8. The number of rotatable bonds is 13. The van der Waals surface area contributed by atoms with Crippen LogP contribution in [0.5, 0.6) is 0 Å². The normalized spacial score (nSPS) is 37.8. The second-order valence-corrected chi connectivity index (χ2v) is 12.8. The fourth-order valence-electron chi connectivity index (χ4n) is 8.85. The van der Waals surface area contributed by atoms with Crippen molar-refractivity contribution in [3.05, 3.63) is 0 Å². The van der Waals surface area contributed by atoms with E-state index < -0.39 is 0 Å². The van der Waals surface area contributed by atoms with Crippen molar-refractivity contribution in [1.82, 2.24) is 0 Å². The summed E-state index contributed by atoms with van der Waals surface area (Å²) >= 11 is 0. The maximum absolute atomic E-state index is 9.06. The van der Waals surface area contributed by atoms with Crippen molar-refractivity contribution < 1.29 is 5.11 Å². The minimum atomic E-state index is 0.381. The van der Waals surface area contributed by atoms with E-state index in [0.717, 1.165) is 53.8 Å². The predicted molar refractivity (Wildman–Crippen MR) is 144 cm³/mol. The second-order valence-electron chi connectivity index (χ2n) is 12.8. The molecule has 0 amide bonds. The van der Waals surface area contributed by atoms with Crippen LogP contribution >= 0.6 is 0 Å². The van der Waals surface area contributed by atoms with Gasteiger partial charge in [-0.3, -0.25) is 0 Å². The van der Waals surface area contributed by atoms with E-state index in [1.807, 2.05) is 0 Å². The Morgan fingerprint density at radius 2 is 1.12 bits per heavy atom. The lowest BCUT2D eigenvalue weighted by atomic mass is 9.58. The molecule has 1 heteroatoms. The molecule has 0 saturated heterocycles. The van der Waals surface area contributed by atoms with Crippen molar-refractivity contribution >= 4 is 0 Å². The Labute approximate surface area is 208 Å². The molecule has 0 aromatic carbocycles. The Balaban J connectivity index is 1.45. The minimum absolute atomic E-state index is 0.381. The molecule has 1 N–H and O–H groups in total. The first-order chi connectivity index (χ1) is 16.2. The fraction of sp³-hybridized carbons (Fsp3) is 1.00. The quantitative estimate of drug-likeness (QED) is 0.271. The van der Waals surface area contributed by atoms with E-state index >= 15 is 0 Å². The van der Waals surface area contributed by atoms with Crippen LogP contribution in [0.1, 0.15) is 149 Å². The van der Waals surface area contributed by atoms with Gasteiger partial charge in [-0.15, -0.1) is 0 Å². The van der Waals surface area contributed by atoms with Crippen molar-refractivity contribution in [2.24, 2.45) is 47.3 Å². The fourth-order valence-corrected chi connectivity index (χ4v) is 8.85. The van der Waals surface area contributed by atoms with Gasteiger partial charge in [0.15, 0.2) is 0 Å². The molecular formula is C32H60O. The van der Waals surface area contributed by atoms with Crippen LogP contribution in [0.25, 0.3) is 0 Å². The third-order valence-corrected chi connectivity index (χ3v) is 10.9. The third-order valence-electron chi connectivity index (χ3n) is 10.9. The molecule has 3 aliphatic rings. The molecule has 6 unspecified atom stereocenters. The molecule has 33 heavy (non-hydrogen) atoms. The molecule has 0 aromatic heterocycles. The standard InChI is InChI=1S/C32H60O/c1-4-7-9-12-25-14-17-29(18-15-25)31-21-19-30(24-28(31)6-3)32-20-16-26(23-27(32)5-2)13-10-8-11-22-33/h25-33H,4-24H2,1-3H3. The Kier molecular flexibility index (Phi) is 12.7. The Morgan fingerprint density at radius 3 is 1.82 bits per heavy atom. The summed E-state index contributed by atoms with van der Waals surface area (Å²) in [6, 6.07) is 0. The van der Waals surface area contributed by atoms with Crippen molar-refractivity contribution in [1.29, 1.82) is 0 Å². The predicted octanol–water partition coefficient (Wildman–Crippen LogP) is 9.81. The van der Waals surface area contributed by atoms with Gasteiger partial charge in [-0.05, 0) is 98.7 Å². The first-order valence-corrected chi connectivity index (χ1v) is 15.8. The molecule has 194 valence electrons. The number of hydrogen-bond acceptors (Lipinski definition) is 1. The second kappa shape index (κ2) is 15.2. The van der Waals surface area contributed by atoms with Crippen molar-refractivity contribution in [3.63, 3.8) is 0 Å². The molecule has 0 bridgehead atoms. The maximum Gasteiger partial charge on any atom is 0.0431 e. The number of unbranched alkanes of at least 4 members (excludes halogenated alkanes) is 4. The zero-order valence-corrected chi connectivity index (χ0v) is 22.9. The van der Waals surface area contributed by atoms with Gasteiger partial charge in [-0.1, -0.05) is 97.8 Å². The highest BCUT2D eigenvalue weighted by Crippen LogP contribution is 2.51. The van der Waals surface area contributed by atoms with Gasteiger partial charge >= 0.3 is 0 Å². The smallest absolute Gasteiger partial charge is 0.0431 e. The number of aliphatic hydroxyl groups is 1. The van der Waals surface area contributed by atoms with E-state index in [1.165, 1.54) is 77.0 Å². The average molecular weight is 461 g/mol. The van der Waals surface area contributed by atoms with Crippen LogP contribution < -0.4 is 0 Å². The van der Waals surface area contributed by atoms with Gasteiger partial charge in [0.1, 0.15) is 0 Å². The number of hydrogen-bond donors (Lipinski definition) is 1. The van der Waals surface area contributed by atoms with Gasteiger partial charge in [0.25, 0.3) is 0 Å². The average Bonchev–Trinajstić information content (AvgIpc) is 2.86. The topological polar surface area (TPSA) is 20.2 Å². The van der Waals surface area contributed by atoms with Gasteiger partial charge < -0.3 is 5.11 Å². The lowest BCUT2D eigenvalue weighted by molar-refractivity contribution is 0.0287. The molecular weight excluding hydrogens is 400 g/mol. The summed E-state index contributed by atoms with van der Waals surface area (Å²) in [4.78, 5) is 0. The van der Waals surface area contributed by atoms with Gasteiger partial charge in [-0.2, -0.15) is 0 Å². The Bertz CT molecular complexity index is 493.